The van der Waals surface area contributed by atoms with Gasteiger partial charge in [0.2, 0.25) is 0 Å². The van der Waals surface area contributed by atoms with E-state index in [-0.39, 0.29) is 5.41 Å². The summed E-state index contributed by atoms with van der Waals surface area (Å²) in [7, 11) is 3.82. The summed E-state index contributed by atoms with van der Waals surface area (Å²) < 4.78 is 5.06. The van der Waals surface area contributed by atoms with Crippen LogP contribution in [0.1, 0.15) is 31.9 Å². The highest BCUT2D eigenvalue weighted by Gasteiger charge is 2.30. The van der Waals surface area contributed by atoms with Crippen molar-refractivity contribution in [3.63, 3.8) is 0 Å². The van der Waals surface area contributed by atoms with E-state index >= 15 is 0 Å². The Labute approximate surface area is 117 Å². The summed E-state index contributed by atoms with van der Waals surface area (Å²) in [5.74, 6) is 0. The number of ether oxygens (including phenoxy) is 1. The third-order valence-electron chi connectivity index (χ3n) is 3.42. The van der Waals surface area contributed by atoms with E-state index in [0.717, 1.165) is 31.7 Å². The van der Waals surface area contributed by atoms with Gasteiger partial charge in [-0.3, -0.25) is 0 Å². The van der Waals surface area contributed by atoms with E-state index in [0.29, 0.717) is 0 Å². The molecule has 108 valence electrons. The Morgan fingerprint density at radius 2 is 1.89 bits per heavy atom. The van der Waals surface area contributed by atoms with E-state index in [4.69, 9.17) is 4.74 Å². The van der Waals surface area contributed by atoms with Crippen LogP contribution in [0.2, 0.25) is 0 Å². The average molecular weight is 265 g/mol. The van der Waals surface area contributed by atoms with E-state index in [1.54, 1.807) is 7.11 Å². The third-order valence-corrected chi connectivity index (χ3v) is 3.42. The fourth-order valence-electron chi connectivity index (χ4n) is 2.43. The topological polar surface area (TPSA) is 32.7 Å². The van der Waals surface area contributed by atoms with Crippen LogP contribution in [0.4, 0.5) is 0 Å². The van der Waals surface area contributed by atoms with Gasteiger partial charge in [0.05, 0.1) is 6.10 Å². The minimum absolute atomic E-state index is 0.177. The number of aliphatic hydroxyl groups excluding tert-OH is 1. The van der Waals surface area contributed by atoms with Crippen LogP contribution in [0.3, 0.4) is 0 Å². The van der Waals surface area contributed by atoms with Crippen LogP contribution >= 0.6 is 0 Å². The lowest BCUT2D eigenvalue weighted by Crippen LogP contribution is -2.36. The molecule has 1 unspecified atom stereocenters. The Morgan fingerprint density at radius 1 is 1.26 bits per heavy atom. The molecule has 0 aliphatic carbocycles. The van der Waals surface area contributed by atoms with E-state index in [2.05, 4.69) is 25.8 Å². The quantitative estimate of drug-likeness (QED) is 0.734. The molecule has 0 aliphatic heterocycles. The van der Waals surface area contributed by atoms with E-state index in [1.807, 2.05) is 30.3 Å². The van der Waals surface area contributed by atoms with Crippen molar-refractivity contribution in [1.82, 2.24) is 4.90 Å². The minimum atomic E-state index is -0.446. The second kappa shape index (κ2) is 7.63. The number of nitrogens with zero attached hydrogens (tertiary/aromatic N) is 1. The molecular formula is C16H27NO2. The Balaban J connectivity index is 2.54. The van der Waals surface area contributed by atoms with Crippen molar-refractivity contribution >= 4 is 0 Å². The molecule has 0 saturated heterocycles. The van der Waals surface area contributed by atoms with Crippen molar-refractivity contribution in [3.8, 4) is 0 Å². The van der Waals surface area contributed by atoms with Crippen LogP contribution < -0.4 is 0 Å². The first-order chi connectivity index (χ1) is 8.97. The van der Waals surface area contributed by atoms with Gasteiger partial charge in [0, 0.05) is 32.2 Å². The third kappa shape index (κ3) is 5.31. The van der Waals surface area contributed by atoms with Crippen molar-refractivity contribution in [2.24, 2.45) is 5.41 Å². The molecular weight excluding hydrogens is 238 g/mol. The van der Waals surface area contributed by atoms with E-state index in [1.165, 1.54) is 0 Å². The van der Waals surface area contributed by atoms with Gasteiger partial charge in [0.1, 0.15) is 0 Å². The molecule has 0 radical (unpaired) electrons. The molecule has 3 heteroatoms. The largest absolute Gasteiger partial charge is 0.388 e. The molecule has 1 N–H and O–H groups in total. The molecule has 1 atom stereocenters. The first-order valence-electron chi connectivity index (χ1n) is 6.88. The van der Waals surface area contributed by atoms with E-state index < -0.39 is 6.10 Å². The van der Waals surface area contributed by atoms with Crippen LogP contribution in [0.15, 0.2) is 30.3 Å². The summed E-state index contributed by atoms with van der Waals surface area (Å²) >= 11 is 0. The smallest absolute Gasteiger partial charge is 0.0853 e. The predicted octanol–water partition coefficient (Wildman–Crippen LogP) is 2.71. The highest BCUT2D eigenvalue weighted by Crippen LogP contribution is 2.33. The van der Waals surface area contributed by atoms with Crippen molar-refractivity contribution in [2.45, 2.75) is 26.4 Å². The Hall–Kier alpha value is -0.900. The number of hydrogen-bond acceptors (Lipinski definition) is 3. The van der Waals surface area contributed by atoms with Crippen LogP contribution in [0.5, 0.6) is 0 Å². The maximum atomic E-state index is 10.5. The van der Waals surface area contributed by atoms with Crippen molar-refractivity contribution in [1.29, 1.82) is 0 Å². The van der Waals surface area contributed by atoms with Gasteiger partial charge in [-0.25, -0.2) is 0 Å². The summed E-state index contributed by atoms with van der Waals surface area (Å²) in [5.41, 5.74) is 0.807. The molecule has 0 saturated carbocycles. The first-order valence-corrected chi connectivity index (χ1v) is 6.88. The second-order valence-corrected chi connectivity index (χ2v) is 5.89. The highest BCUT2D eigenvalue weighted by atomic mass is 16.5. The van der Waals surface area contributed by atoms with Crippen molar-refractivity contribution < 1.29 is 9.84 Å². The molecule has 0 aromatic heterocycles. The molecule has 3 nitrogen and oxygen atoms in total. The molecule has 0 fully saturated rings. The number of rotatable bonds is 8. The van der Waals surface area contributed by atoms with Gasteiger partial charge in [-0.1, -0.05) is 44.2 Å². The zero-order valence-electron chi connectivity index (χ0n) is 12.6. The molecule has 0 heterocycles. The fourth-order valence-corrected chi connectivity index (χ4v) is 2.43. The molecule has 0 spiro atoms. The number of aliphatic hydroxyl groups is 1. The van der Waals surface area contributed by atoms with Gasteiger partial charge >= 0.3 is 0 Å². The predicted molar refractivity (Wildman–Crippen MR) is 79.2 cm³/mol. The van der Waals surface area contributed by atoms with E-state index in [9.17, 15) is 5.11 Å². The summed E-state index contributed by atoms with van der Waals surface area (Å²) in [6, 6.07) is 9.88. The maximum Gasteiger partial charge on any atom is 0.0853 e. The summed E-state index contributed by atoms with van der Waals surface area (Å²) in [4.78, 5) is 2.26. The summed E-state index contributed by atoms with van der Waals surface area (Å²) in [5, 5.41) is 10.5. The Morgan fingerprint density at radius 3 is 2.47 bits per heavy atom. The van der Waals surface area contributed by atoms with Crippen LogP contribution in [0, 0.1) is 5.41 Å². The minimum Gasteiger partial charge on any atom is -0.388 e. The molecule has 0 bridgehead atoms. The van der Waals surface area contributed by atoms with Crippen LogP contribution in [-0.2, 0) is 4.74 Å². The second-order valence-electron chi connectivity index (χ2n) is 5.89. The zero-order chi connectivity index (χ0) is 14.3. The summed E-state index contributed by atoms with van der Waals surface area (Å²) in [6.45, 7) is 6.84. The number of benzene rings is 1. The number of hydrogen-bond donors (Lipinski definition) is 1. The fraction of sp³-hybridized carbons (Fsp3) is 0.625. The lowest BCUT2D eigenvalue weighted by atomic mass is 9.82. The maximum absolute atomic E-state index is 10.5. The molecule has 1 rings (SSSR count). The molecule has 19 heavy (non-hydrogen) atoms. The Kier molecular flexibility index (Phi) is 6.49. The molecule has 0 aliphatic rings. The standard InChI is InChI=1S/C16H27NO2/c1-16(2,13-17(3)11-8-12-19-4)15(18)14-9-6-5-7-10-14/h5-7,9-10,15,18H,8,11-13H2,1-4H3. The SMILES string of the molecule is COCCCN(C)CC(C)(C)C(O)c1ccccc1. The molecule has 1 aromatic carbocycles. The number of methoxy groups -OCH3 is 1. The highest BCUT2D eigenvalue weighted by molar-refractivity contribution is 5.19. The van der Waals surface area contributed by atoms with Crippen molar-refractivity contribution in [3.05, 3.63) is 35.9 Å². The normalized spacial score (nSPS) is 13.8. The van der Waals surface area contributed by atoms with Gasteiger partial charge in [0.25, 0.3) is 0 Å². The van der Waals surface area contributed by atoms with Gasteiger partial charge < -0.3 is 14.7 Å². The Bertz CT molecular complexity index is 351. The average Bonchev–Trinajstić information content (AvgIpc) is 2.38. The van der Waals surface area contributed by atoms with Gasteiger partial charge in [0.15, 0.2) is 0 Å². The van der Waals surface area contributed by atoms with Gasteiger partial charge in [-0.15, -0.1) is 0 Å². The first kappa shape index (κ1) is 16.2. The van der Waals surface area contributed by atoms with Gasteiger partial charge in [-0.05, 0) is 19.0 Å². The zero-order valence-corrected chi connectivity index (χ0v) is 12.6. The van der Waals surface area contributed by atoms with Gasteiger partial charge in [-0.2, -0.15) is 0 Å². The summed E-state index contributed by atoms with van der Waals surface area (Å²) in [6.07, 6.45) is 0.573. The van der Waals surface area contributed by atoms with Crippen LogP contribution in [0.25, 0.3) is 0 Å². The van der Waals surface area contributed by atoms with Crippen LogP contribution in [-0.4, -0.2) is 43.9 Å². The van der Waals surface area contributed by atoms with Crippen molar-refractivity contribution in [2.75, 3.05) is 33.9 Å². The lowest BCUT2D eigenvalue weighted by molar-refractivity contribution is 0.0245. The molecule has 0 amide bonds. The molecule has 1 aromatic rings. The monoisotopic (exact) mass is 265 g/mol. The lowest BCUT2D eigenvalue weighted by Gasteiger charge is -2.34.